The fourth-order valence-corrected chi connectivity index (χ4v) is 2.09. The Labute approximate surface area is 118 Å². The molecule has 0 aromatic heterocycles. The normalized spacial score (nSPS) is 12.1. The first-order valence-corrected chi connectivity index (χ1v) is 7.30. The molecule has 0 aliphatic heterocycles. The van der Waals surface area contributed by atoms with Gasteiger partial charge in [0.25, 0.3) is 5.97 Å². The Hall–Kier alpha value is -0.893. The predicted molar refractivity (Wildman–Crippen MR) is 71.3 cm³/mol. The average Bonchev–Trinajstić information content (AvgIpc) is 2.39. The minimum Gasteiger partial charge on any atom is -0.381 e. The third-order valence-corrected chi connectivity index (χ3v) is 3.77. The first-order chi connectivity index (χ1) is 9.35. The summed E-state index contributed by atoms with van der Waals surface area (Å²) < 4.78 is 43.6. The van der Waals surface area contributed by atoms with Crippen LogP contribution in [0.3, 0.4) is 0 Å². The Balaban J connectivity index is 2.27. The fourth-order valence-electron chi connectivity index (χ4n) is 1.88. The highest BCUT2D eigenvalue weighted by Crippen LogP contribution is 2.18. The van der Waals surface area contributed by atoms with Crippen molar-refractivity contribution in [3.63, 3.8) is 0 Å². The van der Waals surface area contributed by atoms with Gasteiger partial charge in [-0.15, -0.1) is 0 Å². The lowest BCUT2D eigenvalue weighted by Gasteiger charge is -2.19. The van der Waals surface area contributed by atoms with Crippen LogP contribution in [0.25, 0.3) is 0 Å². The molecule has 20 heavy (non-hydrogen) atoms. The van der Waals surface area contributed by atoms with Gasteiger partial charge in [0.05, 0.1) is 0 Å². The molecule has 7 heteroatoms. The van der Waals surface area contributed by atoms with Crippen molar-refractivity contribution in [1.29, 1.82) is 0 Å². The summed E-state index contributed by atoms with van der Waals surface area (Å²) in [6.45, 7) is 0. The molecule has 0 fully saturated rings. The van der Waals surface area contributed by atoms with E-state index in [1.807, 2.05) is 0 Å². The Morgan fingerprint density at radius 2 is 1.55 bits per heavy atom. The van der Waals surface area contributed by atoms with E-state index >= 15 is 0 Å². The van der Waals surface area contributed by atoms with Crippen LogP contribution in [0.5, 0.6) is 0 Å². The molecule has 1 aromatic rings. The summed E-state index contributed by atoms with van der Waals surface area (Å²) in [7, 11) is 0.240. The van der Waals surface area contributed by atoms with Crippen LogP contribution < -0.4 is 0 Å². The van der Waals surface area contributed by atoms with Crippen LogP contribution in [0.4, 0.5) is 13.2 Å². The average molecular weight is 308 g/mol. The van der Waals surface area contributed by atoms with Crippen LogP contribution in [0, 0.1) is 17.5 Å². The summed E-state index contributed by atoms with van der Waals surface area (Å²) in [6, 6.07) is 1.44. The molecule has 3 nitrogen and oxygen atoms in total. The van der Waals surface area contributed by atoms with Crippen LogP contribution >= 0.6 is 0 Å². The highest BCUT2D eigenvalue weighted by molar-refractivity contribution is 5.98. The second-order valence-corrected chi connectivity index (χ2v) is 5.13. The van der Waals surface area contributed by atoms with Gasteiger partial charge in [-0.3, -0.25) is 0 Å². The van der Waals surface area contributed by atoms with Crippen LogP contribution in [0.1, 0.15) is 37.7 Å². The zero-order valence-corrected chi connectivity index (χ0v) is 13.3. The molecular weight excluding hydrogens is 289 g/mol. The van der Waals surface area contributed by atoms with E-state index in [9.17, 15) is 23.4 Å². The number of hydrogen-bond donors (Lipinski definition) is 2. The topological polar surface area (TPSA) is 49.7 Å². The third-order valence-electron chi connectivity index (χ3n) is 3.11. The molecule has 0 spiro atoms. The van der Waals surface area contributed by atoms with Crippen LogP contribution in [0.2, 0.25) is 0 Å². The molecule has 0 aliphatic rings. The Morgan fingerprint density at radius 1 is 0.950 bits per heavy atom. The van der Waals surface area contributed by atoms with E-state index in [0.717, 1.165) is 18.9 Å². The van der Waals surface area contributed by atoms with E-state index in [2.05, 4.69) is 4.43 Å². The second kappa shape index (κ2) is 7.77. The largest absolute Gasteiger partial charge is 0.381 e. The van der Waals surface area contributed by atoms with Gasteiger partial charge in [-0.2, -0.15) is 0 Å². The van der Waals surface area contributed by atoms with Crippen LogP contribution in [-0.2, 0) is 10.8 Å². The lowest BCUT2D eigenvalue weighted by atomic mass is 10.0. The van der Waals surface area contributed by atoms with Gasteiger partial charge in [0.1, 0.15) is 5.82 Å². The highest BCUT2D eigenvalue weighted by atomic mass is 28.2. The van der Waals surface area contributed by atoms with Gasteiger partial charge in [-0.05, 0) is 30.9 Å². The maximum Gasteiger partial charge on any atom is 0.267 e. The number of halogens is 3. The van der Waals surface area contributed by atoms with Gasteiger partial charge in [-0.25, -0.2) is 13.2 Å². The minimum absolute atomic E-state index is 0.121. The number of rotatable bonds is 8. The van der Waals surface area contributed by atoms with Crippen molar-refractivity contribution in [3.8, 4) is 0 Å². The molecule has 0 atom stereocenters. The second-order valence-electron chi connectivity index (χ2n) is 4.72. The quantitative estimate of drug-likeness (QED) is 0.331. The van der Waals surface area contributed by atoms with E-state index in [1.165, 1.54) is 0 Å². The number of hydrogen-bond acceptors (Lipinski definition) is 3. The van der Waals surface area contributed by atoms with Gasteiger partial charge in [0.2, 0.25) is 0 Å². The Bertz CT molecular complexity index is 441. The first-order valence-electron chi connectivity index (χ1n) is 6.49. The van der Waals surface area contributed by atoms with E-state index in [4.69, 9.17) is 0 Å². The van der Waals surface area contributed by atoms with Crippen molar-refractivity contribution in [2.75, 3.05) is 0 Å². The van der Waals surface area contributed by atoms with E-state index < -0.39 is 23.4 Å². The van der Waals surface area contributed by atoms with Crippen LogP contribution in [-0.4, -0.2) is 26.7 Å². The third kappa shape index (κ3) is 5.62. The minimum atomic E-state index is -2.04. The molecule has 0 saturated heterocycles. The number of benzene rings is 1. The van der Waals surface area contributed by atoms with Crippen molar-refractivity contribution in [1.82, 2.24) is 0 Å². The van der Waals surface area contributed by atoms with Gasteiger partial charge in [0, 0.05) is 12.5 Å². The molecule has 114 valence electrons. The molecule has 0 unspecified atom stereocenters. The summed E-state index contributed by atoms with van der Waals surface area (Å²) in [4.78, 5) is 0. The standard InChI is InChI=1S/C13H19F3O3Si/c14-10-8-12(16)11(15)7-9(10)5-3-1-2-4-6-13(17,18)19-20/h7-8,17-18H,1-6H2,20H3. The number of unbranched alkanes of at least 4 members (excludes halogenated alkanes) is 3. The van der Waals surface area contributed by atoms with E-state index in [0.29, 0.717) is 25.3 Å². The zero-order valence-electron chi connectivity index (χ0n) is 11.3. The first kappa shape index (κ1) is 17.2. The molecule has 2 N–H and O–H groups in total. The molecule has 0 heterocycles. The zero-order chi connectivity index (χ0) is 15.2. The Morgan fingerprint density at radius 3 is 2.20 bits per heavy atom. The van der Waals surface area contributed by atoms with Crippen molar-refractivity contribution in [3.05, 3.63) is 35.1 Å². The maximum absolute atomic E-state index is 13.3. The molecule has 0 bridgehead atoms. The lowest BCUT2D eigenvalue weighted by Crippen LogP contribution is -2.30. The van der Waals surface area contributed by atoms with Crippen LogP contribution in [0.15, 0.2) is 12.1 Å². The molecular formula is C13H19F3O3Si. The predicted octanol–water partition coefficient (Wildman–Crippen LogP) is 1.53. The maximum atomic E-state index is 13.3. The molecule has 0 saturated carbocycles. The van der Waals surface area contributed by atoms with Crippen molar-refractivity contribution >= 4 is 10.5 Å². The van der Waals surface area contributed by atoms with E-state index in [1.54, 1.807) is 0 Å². The monoisotopic (exact) mass is 308 g/mol. The SMILES string of the molecule is OC(O)(CCCCCCc1cc(F)c(F)cc1F)O[SiH3]. The van der Waals surface area contributed by atoms with Gasteiger partial charge in [0.15, 0.2) is 22.1 Å². The smallest absolute Gasteiger partial charge is 0.267 e. The van der Waals surface area contributed by atoms with Crippen molar-refractivity contribution < 1.29 is 27.8 Å². The summed E-state index contributed by atoms with van der Waals surface area (Å²) in [5.41, 5.74) is 0.158. The molecule has 1 rings (SSSR count). The molecule has 0 amide bonds. The number of aryl methyl sites for hydroxylation is 1. The molecule has 0 aliphatic carbocycles. The van der Waals surface area contributed by atoms with Gasteiger partial charge < -0.3 is 14.6 Å². The van der Waals surface area contributed by atoms with Crippen molar-refractivity contribution in [2.45, 2.75) is 44.5 Å². The summed E-state index contributed by atoms with van der Waals surface area (Å²) in [5, 5.41) is 18.4. The fraction of sp³-hybridized carbons (Fsp3) is 0.538. The van der Waals surface area contributed by atoms with Gasteiger partial charge >= 0.3 is 0 Å². The number of aliphatic hydroxyl groups is 2. The summed E-state index contributed by atoms with van der Waals surface area (Å²) in [6.07, 6.45) is 3.08. The summed E-state index contributed by atoms with van der Waals surface area (Å²) >= 11 is 0. The Kier molecular flexibility index (Phi) is 6.67. The van der Waals surface area contributed by atoms with Crippen molar-refractivity contribution in [2.24, 2.45) is 0 Å². The lowest BCUT2D eigenvalue weighted by molar-refractivity contribution is -0.295. The highest BCUT2D eigenvalue weighted by Gasteiger charge is 2.19. The molecule has 1 aromatic carbocycles. The summed E-state index contributed by atoms with van der Waals surface area (Å²) in [5.74, 6) is -5.01. The van der Waals surface area contributed by atoms with E-state index in [-0.39, 0.29) is 22.5 Å². The molecule has 0 radical (unpaired) electrons. The van der Waals surface area contributed by atoms with Gasteiger partial charge in [-0.1, -0.05) is 12.8 Å².